The molecule has 2 heterocycles. The van der Waals surface area contributed by atoms with Crippen LogP contribution in [0.5, 0.6) is 0 Å². The molecule has 0 radical (unpaired) electrons. The summed E-state index contributed by atoms with van der Waals surface area (Å²) in [6.07, 6.45) is -3.86. The van der Waals surface area contributed by atoms with E-state index in [4.69, 9.17) is 4.42 Å². The smallest absolute Gasteiger partial charge is 0.408 e. The zero-order chi connectivity index (χ0) is 22.2. The van der Waals surface area contributed by atoms with E-state index in [9.17, 15) is 27.2 Å². The van der Waals surface area contributed by atoms with Crippen molar-refractivity contribution in [2.24, 2.45) is 0 Å². The second kappa shape index (κ2) is 7.93. The van der Waals surface area contributed by atoms with Crippen LogP contribution in [0.3, 0.4) is 0 Å². The highest BCUT2D eigenvalue weighted by Gasteiger charge is 2.30. The van der Waals surface area contributed by atoms with Crippen molar-refractivity contribution in [2.45, 2.75) is 19.0 Å². The third-order valence-corrected chi connectivity index (χ3v) is 5.12. The molecule has 6 nitrogen and oxygen atoms in total. The lowest BCUT2D eigenvalue weighted by Crippen LogP contribution is -2.31. The van der Waals surface area contributed by atoms with Crippen LogP contribution in [0.2, 0.25) is 0 Å². The number of alkyl halides is 3. The minimum Gasteiger partial charge on any atom is -0.408 e. The highest BCUT2D eigenvalue weighted by atomic mass is 19.4. The molecule has 0 bridgehead atoms. The second-order valence-corrected chi connectivity index (χ2v) is 7.13. The van der Waals surface area contributed by atoms with Crippen LogP contribution in [0.1, 0.15) is 18.4 Å². The molecule has 1 amide bonds. The van der Waals surface area contributed by atoms with Crippen LogP contribution in [-0.4, -0.2) is 24.0 Å². The van der Waals surface area contributed by atoms with Gasteiger partial charge >= 0.3 is 11.9 Å². The molecule has 4 rings (SSSR count). The number of oxazole rings is 1. The average molecular weight is 435 g/mol. The van der Waals surface area contributed by atoms with E-state index < -0.39 is 29.2 Å². The van der Waals surface area contributed by atoms with Gasteiger partial charge in [0.1, 0.15) is 0 Å². The minimum absolute atomic E-state index is 0.237. The van der Waals surface area contributed by atoms with Gasteiger partial charge in [0.15, 0.2) is 11.4 Å². The number of fused-ring (bicyclic) bond motifs is 1. The third-order valence-electron chi connectivity index (χ3n) is 5.12. The van der Waals surface area contributed by atoms with E-state index in [2.05, 4.69) is 10.3 Å². The van der Waals surface area contributed by atoms with Gasteiger partial charge in [-0.2, -0.15) is 13.2 Å². The van der Waals surface area contributed by atoms with E-state index in [1.54, 1.807) is 0 Å². The van der Waals surface area contributed by atoms with E-state index in [-0.39, 0.29) is 24.1 Å². The molecule has 1 fully saturated rings. The SMILES string of the molecule is O=C(Nc1ccc2[nH]c(=O)oc2c1)C(F)=C1CCN(c2ccc(C(F)(F)F)cc2)CC1. The van der Waals surface area contributed by atoms with Crippen LogP contribution in [0.15, 0.2) is 63.1 Å². The maximum Gasteiger partial charge on any atom is 0.417 e. The molecule has 1 aliphatic rings. The molecule has 0 atom stereocenters. The number of amides is 1. The highest BCUT2D eigenvalue weighted by molar-refractivity contribution is 6.03. The van der Waals surface area contributed by atoms with Crippen molar-refractivity contribution in [3.8, 4) is 0 Å². The van der Waals surface area contributed by atoms with Gasteiger partial charge < -0.3 is 14.6 Å². The summed E-state index contributed by atoms with van der Waals surface area (Å²) in [4.78, 5) is 27.8. The molecule has 0 saturated carbocycles. The van der Waals surface area contributed by atoms with Crippen molar-refractivity contribution in [3.05, 3.63) is 70.0 Å². The molecule has 3 aromatic rings. The molecule has 162 valence electrons. The summed E-state index contributed by atoms with van der Waals surface area (Å²) < 4.78 is 57.6. The van der Waals surface area contributed by atoms with Crippen LogP contribution < -0.4 is 16.0 Å². The average Bonchev–Trinajstić information content (AvgIpc) is 3.12. The minimum atomic E-state index is -4.40. The van der Waals surface area contributed by atoms with Crippen molar-refractivity contribution >= 4 is 28.4 Å². The van der Waals surface area contributed by atoms with E-state index in [0.717, 1.165) is 12.1 Å². The molecular formula is C21H17F4N3O3. The van der Waals surface area contributed by atoms with Gasteiger partial charge in [-0.25, -0.2) is 9.18 Å². The molecule has 0 spiro atoms. The number of benzene rings is 2. The predicted octanol–water partition coefficient (Wildman–Crippen LogP) is 4.60. The summed E-state index contributed by atoms with van der Waals surface area (Å²) >= 11 is 0. The first-order chi connectivity index (χ1) is 14.7. The van der Waals surface area contributed by atoms with E-state index in [1.807, 2.05) is 4.90 Å². The Bertz CT molecular complexity index is 1200. The molecule has 1 saturated heterocycles. The molecule has 0 unspecified atom stereocenters. The molecule has 2 N–H and O–H groups in total. The van der Waals surface area contributed by atoms with Crippen molar-refractivity contribution in [1.82, 2.24) is 4.98 Å². The number of anilines is 2. The first kappa shape index (κ1) is 20.7. The fraction of sp³-hybridized carbons (Fsp3) is 0.238. The van der Waals surface area contributed by atoms with Crippen LogP contribution in [0, 0.1) is 0 Å². The number of H-pyrrole nitrogens is 1. The molecule has 1 aromatic heterocycles. The molecule has 1 aliphatic heterocycles. The number of nitrogens with one attached hydrogen (secondary N) is 2. The van der Waals surface area contributed by atoms with E-state index in [0.29, 0.717) is 29.9 Å². The monoisotopic (exact) mass is 435 g/mol. The number of hydrogen-bond acceptors (Lipinski definition) is 4. The van der Waals surface area contributed by atoms with Crippen molar-refractivity contribution in [1.29, 1.82) is 0 Å². The molecule has 10 heteroatoms. The Morgan fingerprint density at radius 2 is 1.74 bits per heavy atom. The van der Waals surface area contributed by atoms with Crippen LogP contribution in [0.25, 0.3) is 11.1 Å². The van der Waals surface area contributed by atoms with Gasteiger partial charge in [0.05, 0.1) is 11.1 Å². The van der Waals surface area contributed by atoms with Gasteiger partial charge in [0.2, 0.25) is 0 Å². The summed E-state index contributed by atoms with van der Waals surface area (Å²) in [7, 11) is 0. The number of aromatic nitrogens is 1. The topological polar surface area (TPSA) is 78.3 Å². The van der Waals surface area contributed by atoms with Gasteiger partial charge in [0, 0.05) is 30.5 Å². The van der Waals surface area contributed by atoms with Gasteiger partial charge in [-0.1, -0.05) is 0 Å². The third kappa shape index (κ3) is 4.47. The summed E-state index contributed by atoms with van der Waals surface area (Å²) in [5, 5.41) is 2.44. The Hall–Kier alpha value is -3.56. The summed E-state index contributed by atoms with van der Waals surface area (Å²) in [5.74, 6) is -2.43. The van der Waals surface area contributed by atoms with Crippen molar-refractivity contribution in [3.63, 3.8) is 0 Å². The number of carbonyl (C=O) groups excluding carboxylic acids is 1. The Kier molecular flexibility index (Phi) is 5.30. The molecule has 2 aromatic carbocycles. The normalized spacial score (nSPS) is 14.7. The maximum absolute atomic E-state index is 14.6. The number of hydrogen-bond donors (Lipinski definition) is 2. The molecule has 0 aliphatic carbocycles. The number of aromatic amines is 1. The van der Waals surface area contributed by atoms with Crippen LogP contribution >= 0.6 is 0 Å². The lowest BCUT2D eigenvalue weighted by atomic mass is 10.0. The second-order valence-electron chi connectivity index (χ2n) is 7.13. The van der Waals surface area contributed by atoms with Gasteiger partial charge in [-0.05, 0) is 54.8 Å². The number of rotatable bonds is 3. The van der Waals surface area contributed by atoms with Gasteiger partial charge in [-0.3, -0.25) is 9.78 Å². The van der Waals surface area contributed by atoms with Crippen molar-refractivity contribution < 1.29 is 26.8 Å². The number of piperidine rings is 1. The zero-order valence-corrected chi connectivity index (χ0v) is 16.1. The standard InChI is InChI=1S/C21H17F4N3O3/c22-18(19(29)26-14-3-6-16-17(11-14)31-20(30)27-16)12-7-9-28(10-8-12)15-4-1-13(2-5-15)21(23,24)25/h1-6,11H,7-10H2,(H,26,29)(H,27,30). The summed E-state index contributed by atoms with van der Waals surface area (Å²) in [6.45, 7) is 0.754. The van der Waals surface area contributed by atoms with E-state index in [1.165, 1.54) is 30.3 Å². The summed E-state index contributed by atoms with van der Waals surface area (Å²) in [6, 6.07) is 9.25. The fourth-order valence-electron chi connectivity index (χ4n) is 3.49. The highest BCUT2D eigenvalue weighted by Crippen LogP contribution is 2.32. The maximum atomic E-state index is 14.6. The Morgan fingerprint density at radius 3 is 2.39 bits per heavy atom. The van der Waals surface area contributed by atoms with Gasteiger partial charge in [0.25, 0.3) is 5.91 Å². The van der Waals surface area contributed by atoms with Crippen molar-refractivity contribution in [2.75, 3.05) is 23.3 Å². The quantitative estimate of drug-likeness (QED) is 0.466. The Balaban J connectivity index is 1.40. The van der Waals surface area contributed by atoms with Gasteiger partial charge in [-0.15, -0.1) is 0 Å². The first-order valence-electron chi connectivity index (χ1n) is 9.44. The molecular weight excluding hydrogens is 418 g/mol. The zero-order valence-electron chi connectivity index (χ0n) is 16.1. The molecule has 31 heavy (non-hydrogen) atoms. The Morgan fingerprint density at radius 1 is 1.06 bits per heavy atom. The summed E-state index contributed by atoms with van der Waals surface area (Å²) in [5.41, 5.74) is 1.19. The number of carbonyl (C=O) groups is 1. The Labute approximate surface area is 173 Å². The van der Waals surface area contributed by atoms with Crippen LogP contribution in [0.4, 0.5) is 28.9 Å². The number of nitrogens with zero attached hydrogens (tertiary/aromatic N) is 1. The lowest BCUT2D eigenvalue weighted by Gasteiger charge is -2.30. The largest absolute Gasteiger partial charge is 0.417 e. The fourth-order valence-corrected chi connectivity index (χ4v) is 3.49. The number of halogens is 4. The van der Waals surface area contributed by atoms with E-state index >= 15 is 0 Å². The lowest BCUT2D eigenvalue weighted by molar-refractivity contribution is -0.137. The predicted molar refractivity (Wildman–Crippen MR) is 106 cm³/mol. The van der Waals surface area contributed by atoms with Crippen LogP contribution in [-0.2, 0) is 11.0 Å². The first-order valence-corrected chi connectivity index (χ1v) is 9.44.